The van der Waals surface area contributed by atoms with Gasteiger partial charge in [0, 0.05) is 31.7 Å². The number of benzene rings is 1. The number of likely N-dealkylation sites (tertiary alicyclic amines) is 1. The van der Waals surface area contributed by atoms with Crippen LogP contribution in [0.3, 0.4) is 0 Å². The Hall–Kier alpha value is -2.25. The van der Waals surface area contributed by atoms with Crippen LogP contribution in [-0.2, 0) is 24.2 Å². The Morgan fingerprint density at radius 3 is 2.89 bits per heavy atom. The lowest BCUT2D eigenvalue weighted by Gasteiger charge is -2.43. The van der Waals surface area contributed by atoms with Crippen LogP contribution < -0.4 is 0 Å². The van der Waals surface area contributed by atoms with Crippen molar-refractivity contribution in [3.05, 3.63) is 52.9 Å². The molecule has 0 aliphatic carbocycles. The number of hydrogen-bond acceptors (Lipinski definition) is 4. The normalized spacial score (nSPS) is 23.5. The second-order valence-electron chi connectivity index (χ2n) is 7.39. The van der Waals surface area contributed by atoms with Crippen LogP contribution in [0.5, 0.6) is 0 Å². The quantitative estimate of drug-likeness (QED) is 0.721. The van der Waals surface area contributed by atoms with Crippen molar-refractivity contribution in [2.75, 3.05) is 13.1 Å². The molecule has 1 aromatic carbocycles. The molecule has 7 heteroatoms. The van der Waals surface area contributed by atoms with Gasteiger partial charge >= 0.3 is 5.97 Å². The predicted octanol–water partition coefficient (Wildman–Crippen LogP) is 2.30. The van der Waals surface area contributed by atoms with Crippen molar-refractivity contribution in [1.29, 1.82) is 0 Å². The number of aryl methyl sites for hydroxylation is 2. The molecule has 0 unspecified atom stereocenters. The number of aliphatic hydroxyl groups excluding tert-OH is 1. The number of rotatable bonds is 6. The lowest BCUT2D eigenvalue weighted by atomic mass is 9.73. The summed E-state index contributed by atoms with van der Waals surface area (Å²) >= 11 is 0. The number of H-pyrrole nitrogens is 1. The van der Waals surface area contributed by atoms with E-state index in [1.165, 1.54) is 12.1 Å². The number of carboxylic acid groups (broad SMARTS) is 1. The molecule has 6 nitrogen and oxygen atoms in total. The highest BCUT2D eigenvalue weighted by atomic mass is 19.1. The summed E-state index contributed by atoms with van der Waals surface area (Å²) < 4.78 is 13.6. The second-order valence-corrected chi connectivity index (χ2v) is 7.39. The van der Waals surface area contributed by atoms with E-state index in [-0.39, 0.29) is 13.0 Å². The van der Waals surface area contributed by atoms with E-state index in [1.54, 1.807) is 12.1 Å². The van der Waals surface area contributed by atoms with Gasteiger partial charge in [-0.05, 0) is 37.5 Å². The third kappa shape index (κ3) is 4.04. The number of aliphatic carboxylic acids is 1. The fourth-order valence-electron chi connectivity index (χ4n) is 3.87. The number of nitrogens with zero attached hydrogens (tertiary/aromatic N) is 2. The van der Waals surface area contributed by atoms with E-state index in [0.29, 0.717) is 25.1 Å². The van der Waals surface area contributed by atoms with E-state index in [2.05, 4.69) is 9.97 Å². The summed E-state index contributed by atoms with van der Waals surface area (Å²) in [5.41, 5.74) is 1.07. The number of aliphatic hydroxyl groups is 1. The molecular weight excluding hydrogens is 349 g/mol. The molecule has 146 valence electrons. The molecule has 2 atom stereocenters. The van der Waals surface area contributed by atoms with E-state index >= 15 is 0 Å². The van der Waals surface area contributed by atoms with E-state index < -0.39 is 23.3 Å². The molecular formula is C20H26FN3O3. The first-order valence-electron chi connectivity index (χ1n) is 9.26. The lowest BCUT2D eigenvalue weighted by molar-refractivity contribution is -0.163. The van der Waals surface area contributed by atoms with Gasteiger partial charge in [0.25, 0.3) is 0 Å². The summed E-state index contributed by atoms with van der Waals surface area (Å²) in [6.07, 6.45) is 0.252. The van der Waals surface area contributed by atoms with Crippen LogP contribution in [0.25, 0.3) is 0 Å². The average molecular weight is 375 g/mol. The first kappa shape index (κ1) is 19.5. The van der Waals surface area contributed by atoms with E-state index in [4.69, 9.17) is 0 Å². The van der Waals surface area contributed by atoms with Gasteiger partial charge in [-0.1, -0.05) is 19.1 Å². The van der Waals surface area contributed by atoms with Crippen molar-refractivity contribution >= 4 is 5.97 Å². The van der Waals surface area contributed by atoms with Gasteiger partial charge in [0.2, 0.25) is 0 Å². The number of carboxylic acids is 1. The Kier molecular flexibility index (Phi) is 5.62. The molecule has 0 bridgehead atoms. The van der Waals surface area contributed by atoms with Crippen molar-refractivity contribution in [3.8, 4) is 0 Å². The van der Waals surface area contributed by atoms with Crippen molar-refractivity contribution in [2.45, 2.75) is 45.8 Å². The Labute approximate surface area is 158 Å². The molecule has 27 heavy (non-hydrogen) atoms. The van der Waals surface area contributed by atoms with Crippen LogP contribution in [0.2, 0.25) is 0 Å². The minimum Gasteiger partial charge on any atom is -0.481 e. The zero-order valence-electron chi connectivity index (χ0n) is 15.7. The first-order valence-corrected chi connectivity index (χ1v) is 9.26. The highest BCUT2D eigenvalue weighted by molar-refractivity contribution is 5.76. The highest BCUT2D eigenvalue weighted by Gasteiger charge is 2.49. The molecule has 2 heterocycles. The van der Waals surface area contributed by atoms with Crippen LogP contribution in [0.1, 0.15) is 36.1 Å². The predicted molar refractivity (Wildman–Crippen MR) is 98.8 cm³/mol. The average Bonchev–Trinajstić information content (AvgIpc) is 2.97. The zero-order valence-corrected chi connectivity index (χ0v) is 15.7. The molecule has 0 radical (unpaired) electrons. The highest BCUT2D eigenvalue weighted by Crippen LogP contribution is 2.35. The van der Waals surface area contributed by atoms with Crippen LogP contribution in [0.4, 0.5) is 4.39 Å². The molecule has 0 saturated carbocycles. The summed E-state index contributed by atoms with van der Waals surface area (Å²) in [4.78, 5) is 22.0. The standard InChI is InChI=1S/C20H26FN3O3/c1-3-18-22-13(2)16(23-18)11-24-8-7-17(25)20(12-24,19(26)27)10-14-5-4-6-15(21)9-14/h4-6,9,17,25H,3,7-8,10-12H2,1-2H3,(H,22,23)(H,26,27)/t17-,20-/m1/s1. The van der Waals surface area contributed by atoms with Gasteiger partial charge in [-0.25, -0.2) is 9.37 Å². The number of hydrogen-bond donors (Lipinski definition) is 3. The maximum absolute atomic E-state index is 13.6. The Morgan fingerprint density at radius 1 is 1.48 bits per heavy atom. The third-order valence-electron chi connectivity index (χ3n) is 5.44. The Bertz CT molecular complexity index is 823. The van der Waals surface area contributed by atoms with Gasteiger partial charge in [0.15, 0.2) is 0 Å². The molecule has 0 amide bonds. The number of halogens is 1. The van der Waals surface area contributed by atoms with Crippen molar-refractivity contribution < 1.29 is 19.4 Å². The van der Waals surface area contributed by atoms with Gasteiger partial charge in [-0.15, -0.1) is 0 Å². The summed E-state index contributed by atoms with van der Waals surface area (Å²) in [6, 6.07) is 5.92. The van der Waals surface area contributed by atoms with Crippen LogP contribution in [-0.4, -0.2) is 50.2 Å². The molecule has 1 fully saturated rings. The van der Waals surface area contributed by atoms with Crippen molar-refractivity contribution in [1.82, 2.24) is 14.9 Å². The lowest BCUT2D eigenvalue weighted by Crippen LogP contribution is -2.56. The number of carbonyl (C=O) groups is 1. The van der Waals surface area contributed by atoms with Gasteiger partial charge in [-0.2, -0.15) is 0 Å². The molecule has 1 aliphatic rings. The number of nitrogens with one attached hydrogen (secondary N) is 1. The summed E-state index contributed by atoms with van der Waals surface area (Å²) in [7, 11) is 0. The van der Waals surface area contributed by atoms with Crippen LogP contribution in [0.15, 0.2) is 24.3 Å². The topological polar surface area (TPSA) is 89.4 Å². The fourth-order valence-corrected chi connectivity index (χ4v) is 3.87. The summed E-state index contributed by atoms with van der Waals surface area (Å²) in [5.74, 6) is -0.560. The molecule has 3 N–H and O–H groups in total. The van der Waals surface area contributed by atoms with Crippen molar-refractivity contribution in [3.63, 3.8) is 0 Å². The fraction of sp³-hybridized carbons (Fsp3) is 0.500. The van der Waals surface area contributed by atoms with E-state index in [1.807, 2.05) is 18.7 Å². The van der Waals surface area contributed by atoms with Crippen LogP contribution in [0, 0.1) is 18.2 Å². The summed E-state index contributed by atoms with van der Waals surface area (Å²) in [5, 5.41) is 20.5. The minimum atomic E-state index is -1.37. The molecule has 1 saturated heterocycles. The number of piperidine rings is 1. The van der Waals surface area contributed by atoms with Gasteiger partial charge in [0.05, 0.1) is 11.8 Å². The largest absolute Gasteiger partial charge is 0.481 e. The van der Waals surface area contributed by atoms with E-state index in [0.717, 1.165) is 23.6 Å². The molecule has 1 aromatic heterocycles. The Balaban J connectivity index is 1.84. The maximum Gasteiger partial charge on any atom is 0.313 e. The molecule has 2 aromatic rings. The molecule has 1 aliphatic heterocycles. The van der Waals surface area contributed by atoms with Crippen LogP contribution >= 0.6 is 0 Å². The second kappa shape index (κ2) is 7.78. The number of aromatic amines is 1. The zero-order chi connectivity index (χ0) is 19.6. The van der Waals surface area contributed by atoms with E-state index in [9.17, 15) is 19.4 Å². The molecule has 0 spiro atoms. The van der Waals surface area contributed by atoms with Crippen molar-refractivity contribution in [2.24, 2.45) is 5.41 Å². The van der Waals surface area contributed by atoms with Gasteiger partial charge in [0.1, 0.15) is 17.1 Å². The SMILES string of the molecule is CCc1nc(CN2CC[C@@H](O)[C@](Cc3cccc(F)c3)(C(=O)O)C2)c(C)[nH]1. The number of aromatic nitrogens is 2. The molecule has 3 rings (SSSR count). The first-order chi connectivity index (χ1) is 12.8. The monoisotopic (exact) mass is 375 g/mol. The third-order valence-corrected chi connectivity index (χ3v) is 5.44. The number of imidazole rings is 1. The summed E-state index contributed by atoms with van der Waals surface area (Å²) in [6.45, 7) is 5.28. The Morgan fingerprint density at radius 2 is 2.26 bits per heavy atom. The van der Waals surface area contributed by atoms with Gasteiger partial charge < -0.3 is 15.2 Å². The smallest absolute Gasteiger partial charge is 0.313 e. The minimum absolute atomic E-state index is 0.0809. The van der Waals surface area contributed by atoms with Gasteiger partial charge in [-0.3, -0.25) is 9.69 Å². The maximum atomic E-state index is 13.6.